The third kappa shape index (κ3) is 10.1. The molecule has 0 heterocycles. The first kappa shape index (κ1) is 16.4. The highest BCUT2D eigenvalue weighted by Gasteiger charge is 2.16. The second kappa shape index (κ2) is 13.0. The SMILES string of the molecule is CC.CCC.CCC1CCCC(C)C1. The first-order chi connectivity index (χ1) is 6.74. The van der Waals surface area contributed by atoms with Crippen molar-refractivity contribution in [3.05, 3.63) is 0 Å². The molecule has 0 aromatic rings. The Labute approximate surface area is 92.5 Å². The van der Waals surface area contributed by atoms with Gasteiger partial charge in [0.05, 0.1) is 0 Å². The predicted octanol–water partition coefficient (Wildman–Crippen LogP) is 5.67. The van der Waals surface area contributed by atoms with E-state index in [-0.39, 0.29) is 0 Å². The van der Waals surface area contributed by atoms with Gasteiger partial charge in [-0.05, 0) is 18.3 Å². The molecule has 0 aromatic heterocycles. The molecule has 0 bridgehead atoms. The van der Waals surface area contributed by atoms with Gasteiger partial charge in [0.1, 0.15) is 0 Å². The van der Waals surface area contributed by atoms with E-state index in [0.29, 0.717) is 0 Å². The van der Waals surface area contributed by atoms with Crippen molar-refractivity contribution < 1.29 is 0 Å². The van der Waals surface area contributed by atoms with Gasteiger partial charge in [-0.2, -0.15) is 0 Å². The van der Waals surface area contributed by atoms with Crippen LogP contribution in [0.3, 0.4) is 0 Å². The van der Waals surface area contributed by atoms with Gasteiger partial charge in [-0.25, -0.2) is 0 Å². The third-order valence-electron chi connectivity index (χ3n) is 2.62. The van der Waals surface area contributed by atoms with E-state index >= 15 is 0 Å². The lowest BCUT2D eigenvalue weighted by Gasteiger charge is -2.25. The van der Waals surface area contributed by atoms with E-state index in [9.17, 15) is 0 Å². The number of hydrogen-bond acceptors (Lipinski definition) is 0. The van der Waals surface area contributed by atoms with Gasteiger partial charge in [-0.1, -0.05) is 73.6 Å². The molecule has 2 atom stereocenters. The summed E-state index contributed by atoms with van der Waals surface area (Å²) < 4.78 is 0. The van der Waals surface area contributed by atoms with Crippen LogP contribution >= 0.6 is 0 Å². The van der Waals surface area contributed by atoms with Crippen molar-refractivity contribution in [2.75, 3.05) is 0 Å². The zero-order valence-corrected chi connectivity index (χ0v) is 11.4. The molecule has 1 saturated carbocycles. The quantitative estimate of drug-likeness (QED) is 0.512. The summed E-state index contributed by atoms with van der Waals surface area (Å²) in [6.07, 6.45) is 8.62. The third-order valence-corrected chi connectivity index (χ3v) is 2.62. The monoisotopic (exact) mass is 200 g/mol. The molecule has 2 unspecified atom stereocenters. The van der Waals surface area contributed by atoms with Gasteiger partial charge in [-0.3, -0.25) is 0 Å². The molecule has 0 amide bonds. The summed E-state index contributed by atoms with van der Waals surface area (Å²) in [5, 5.41) is 0. The topological polar surface area (TPSA) is 0 Å². The Morgan fingerprint density at radius 3 is 1.79 bits per heavy atom. The standard InChI is InChI=1S/C9H18.C3H8.C2H6/c1-3-9-6-4-5-8(2)7-9;1-3-2;1-2/h8-9H,3-7H2,1-2H3;3H2,1-2H3;1-2H3. The van der Waals surface area contributed by atoms with Crippen LogP contribution in [0.4, 0.5) is 0 Å². The Balaban J connectivity index is 0. The average Bonchev–Trinajstić information content (AvgIpc) is 2.22. The highest BCUT2D eigenvalue weighted by Crippen LogP contribution is 2.29. The minimum atomic E-state index is 1.02. The van der Waals surface area contributed by atoms with Crippen LogP contribution in [0.1, 0.15) is 80.1 Å². The fourth-order valence-electron chi connectivity index (χ4n) is 1.93. The van der Waals surface area contributed by atoms with Gasteiger partial charge in [-0.15, -0.1) is 0 Å². The maximum atomic E-state index is 2.39. The van der Waals surface area contributed by atoms with Crippen molar-refractivity contribution in [2.24, 2.45) is 11.8 Å². The molecule has 1 aliphatic carbocycles. The fraction of sp³-hybridized carbons (Fsp3) is 1.00. The Kier molecular flexibility index (Phi) is 15.3. The maximum Gasteiger partial charge on any atom is -0.0414 e. The van der Waals surface area contributed by atoms with Crippen LogP contribution in [0, 0.1) is 11.8 Å². The molecule has 0 heteroatoms. The minimum Gasteiger partial charge on any atom is -0.0683 e. The molecule has 0 spiro atoms. The van der Waals surface area contributed by atoms with Crippen LogP contribution in [0.2, 0.25) is 0 Å². The summed E-state index contributed by atoms with van der Waals surface area (Å²) in [5.74, 6) is 2.08. The van der Waals surface area contributed by atoms with Gasteiger partial charge in [0.15, 0.2) is 0 Å². The van der Waals surface area contributed by atoms with Crippen LogP contribution in [0.5, 0.6) is 0 Å². The molecule has 1 fully saturated rings. The van der Waals surface area contributed by atoms with Crippen molar-refractivity contribution >= 4 is 0 Å². The van der Waals surface area contributed by atoms with Crippen LogP contribution in [-0.2, 0) is 0 Å². The molecule has 0 N–H and O–H groups in total. The molecule has 0 aromatic carbocycles. The van der Waals surface area contributed by atoms with Crippen molar-refractivity contribution in [3.63, 3.8) is 0 Å². The normalized spacial score (nSPS) is 25.3. The smallest absolute Gasteiger partial charge is 0.0414 e. The molecular weight excluding hydrogens is 168 g/mol. The molecule has 0 aliphatic heterocycles. The van der Waals surface area contributed by atoms with E-state index in [1.807, 2.05) is 13.8 Å². The summed E-state index contributed by atoms with van der Waals surface area (Å²) in [7, 11) is 0. The van der Waals surface area contributed by atoms with E-state index in [1.54, 1.807) is 0 Å². The van der Waals surface area contributed by atoms with Crippen molar-refractivity contribution in [1.82, 2.24) is 0 Å². The van der Waals surface area contributed by atoms with Gasteiger partial charge < -0.3 is 0 Å². The van der Waals surface area contributed by atoms with Crippen LogP contribution in [0.25, 0.3) is 0 Å². The number of hydrogen-bond donors (Lipinski definition) is 0. The lowest BCUT2D eigenvalue weighted by molar-refractivity contribution is 0.276. The molecular formula is C14H32. The van der Waals surface area contributed by atoms with Gasteiger partial charge in [0, 0.05) is 0 Å². The second-order valence-electron chi connectivity index (χ2n) is 4.25. The first-order valence-corrected chi connectivity index (χ1v) is 6.74. The predicted molar refractivity (Wildman–Crippen MR) is 68.7 cm³/mol. The Hall–Kier alpha value is 0. The van der Waals surface area contributed by atoms with E-state index in [0.717, 1.165) is 11.8 Å². The van der Waals surface area contributed by atoms with E-state index < -0.39 is 0 Å². The highest BCUT2D eigenvalue weighted by molar-refractivity contribution is 4.68. The van der Waals surface area contributed by atoms with Gasteiger partial charge >= 0.3 is 0 Å². The lowest BCUT2D eigenvalue weighted by Crippen LogP contribution is -2.11. The summed E-state index contributed by atoms with van der Waals surface area (Å²) in [5.41, 5.74) is 0. The van der Waals surface area contributed by atoms with E-state index in [2.05, 4.69) is 27.7 Å². The number of rotatable bonds is 1. The highest BCUT2D eigenvalue weighted by atomic mass is 14.2. The molecule has 0 radical (unpaired) electrons. The summed E-state index contributed by atoms with van der Waals surface area (Å²) in [6.45, 7) is 13.0. The van der Waals surface area contributed by atoms with Crippen LogP contribution in [0.15, 0.2) is 0 Å². The molecule has 1 aliphatic rings. The Morgan fingerprint density at radius 1 is 1.00 bits per heavy atom. The van der Waals surface area contributed by atoms with Crippen LogP contribution in [-0.4, -0.2) is 0 Å². The average molecular weight is 200 g/mol. The zero-order chi connectivity index (χ0) is 11.4. The fourth-order valence-corrected chi connectivity index (χ4v) is 1.93. The Morgan fingerprint density at radius 2 is 1.50 bits per heavy atom. The van der Waals surface area contributed by atoms with Crippen molar-refractivity contribution in [2.45, 2.75) is 80.1 Å². The van der Waals surface area contributed by atoms with E-state index in [1.165, 1.54) is 38.5 Å². The van der Waals surface area contributed by atoms with Gasteiger partial charge in [0.2, 0.25) is 0 Å². The second-order valence-corrected chi connectivity index (χ2v) is 4.25. The van der Waals surface area contributed by atoms with Gasteiger partial charge in [0.25, 0.3) is 0 Å². The van der Waals surface area contributed by atoms with Crippen molar-refractivity contribution in [3.8, 4) is 0 Å². The van der Waals surface area contributed by atoms with Crippen LogP contribution < -0.4 is 0 Å². The summed E-state index contributed by atoms with van der Waals surface area (Å²) in [6, 6.07) is 0. The largest absolute Gasteiger partial charge is 0.0683 e. The van der Waals surface area contributed by atoms with Crippen molar-refractivity contribution in [1.29, 1.82) is 0 Å². The molecule has 0 saturated heterocycles. The Bertz CT molecular complexity index is 86.0. The minimum absolute atomic E-state index is 1.02. The summed E-state index contributed by atoms with van der Waals surface area (Å²) in [4.78, 5) is 0. The maximum absolute atomic E-state index is 2.39. The molecule has 88 valence electrons. The molecule has 0 nitrogen and oxygen atoms in total. The first-order valence-electron chi connectivity index (χ1n) is 6.74. The zero-order valence-electron chi connectivity index (χ0n) is 11.4. The van der Waals surface area contributed by atoms with E-state index in [4.69, 9.17) is 0 Å². The summed E-state index contributed by atoms with van der Waals surface area (Å²) >= 11 is 0. The lowest BCUT2D eigenvalue weighted by atomic mass is 9.81. The molecule has 14 heavy (non-hydrogen) atoms. The molecule has 1 rings (SSSR count).